The number of aromatic nitrogens is 2. The van der Waals surface area contributed by atoms with Crippen LogP contribution in [-0.2, 0) is 43.3 Å². The summed E-state index contributed by atoms with van der Waals surface area (Å²) in [7, 11) is 0. The van der Waals surface area contributed by atoms with Crippen LogP contribution in [-0.4, -0.2) is 27.6 Å². The number of carbonyl (C=O) groups is 1. The number of aryl methyl sites for hydroxylation is 3. The van der Waals surface area contributed by atoms with Crippen molar-refractivity contribution in [3.63, 3.8) is 0 Å². The molecule has 5 nitrogen and oxygen atoms in total. The number of halogens is 5. The fraction of sp³-hybridized carbons (Fsp3) is 0.312. The van der Waals surface area contributed by atoms with Gasteiger partial charge in [0.05, 0.1) is 28.3 Å². The number of hydrogen-bond acceptors (Lipinski definition) is 3. The average Bonchev–Trinajstić information content (AvgIpc) is 3.33. The predicted octanol–water partition coefficient (Wildman–Crippen LogP) is 7.40. The van der Waals surface area contributed by atoms with Crippen LogP contribution < -0.4 is 5.32 Å². The van der Waals surface area contributed by atoms with E-state index in [9.17, 15) is 18.0 Å². The van der Waals surface area contributed by atoms with Gasteiger partial charge in [0.25, 0.3) is 0 Å². The highest BCUT2D eigenvalue weighted by Gasteiger charge is 2.32. The molecule has 0 saturated heterocycles. The summed E-state index contributed by atoms with van der Waals surface area (Å²) in [5.41, 5.74) is 5.08. The van der Waals surface area contributed by atoms with Crippen molar-refractivity contribution in [3.8, 4) is 16.9 Å². The second-order valence-electron chi connectivity index (χ2n) is 10.5. The first-order valence-corrected chi connectivity index (χ1v) is 13.9. The molecule has 42 heavy (non-hydrogen) atoms. The van der Waals surface area contributed by atoms with E-state index >= 15 is 8.78 Å². The number of nitrogens with zero attached hydrogens (tertiary/aromatic N) is 3. The average molecular weight is 583 g/mol. The van der Waals surface area contributed by atoms with Crippen molar-refractivity contribution in [1.29, 1.82) is 0 Å². The zero-order valence-electron chi connectivity index (χ0n) is 23.6. The van der Waals surface area contributed by atoms with E-state index in [1.165, 1.54) is 6.07 Å². The maximum absolute atomic E-state index is 15.7. The Kier molecular flexibility index (Phi) is 8.19. The van der Waals surface area contributed by atoms with E-state index in [1.54, 1.807) is 11.6 Å². The first-order valence-electron chi connectivity index (χ1n) is 13.9. The zero-order valence-corrected chi connectivity index (χ0v) is 23.6. The Bertz CT molecular complexity index is 1620. The molecule has 2 heterocycles. The lowest BCUT2D eigenvalue weighted by molar-refractivity contribution is -0.137. The van der Waals surface area contributed by atoms with Gasteiger partial charge >= 0.3 is 6.18 Å². The molecule has 10 heteroatoms. The molecule has 3 aromatic carbocycles. The first-order chi connectivity index (χ1) is 20.0. The number of fused-ring (bicyclic) bond motifs is 1. The number of benzene rings is 3. The number of para-hydroxylation sites is 1. The molecule has 0 radical (unpaired) electrons. The minimum Gasteiger partial charge on any atom is -0.326 e. The summed E-state index contributed by atoms with van der Waals surface area (Å²) in [6.45, 7) is 7.03. The van der Waals surface area contributed by atoms with Gasteiger partial charge < -0.3 is 5.32 Å². The fourth-order valence-electron chi connectivity index (χ4n) is 5.68. The molecule has 1 aromatic heterocycles. The minimum atomic E-state index is -4.42. The largest absolute Gasteiger partial charge is 0.416 e. The van der Waals surface area contributed by atoms with Crippen LogP contribution >= 0.6 is 0 Å². The second kappa shape index (κ2) is 11.7. The van der Waals surface area contributed by atoms with E-state index in [-0.39, 0.29) is 17.7 Å². The van der Waals surface area contributed by atoms with Crippen LogP contribution in [0.1, 0.15) is 52.9 Å². The van der Waals surface area contributed by atoms with Crippen LogP contribution in [0.15, 0.2) is 48.5 Å². The summed E-state index contributed by atoms with van der Waals surface area (Å²) in [6.07, 6.45) is -2.21. The highest BCUT2D eigenvalue weighted by atomic mass is 19.4. The molecule has 220 valence electrons. The van der Waals surface area contributed by atoms with Gasteiger partial charge in [-0.2, -0.15) is 18.3 Å². The number of nitrogens with one attached hydrogen (secondary N) is 1. The number of amides is 1. The highest BCUT2D eigenvalue weighted by Crippen LogP contribution is 2.38. The Balaban J connectivity index is 1.63. The van der Waals surface area contributed by atoms with Crippen LogP contribution in [0.3, 0.4) is 0 Å². The fourth-order valence-corrected chi connectivity index (χ4v) is 5.68. The molecule has 0 bridgehead atoms. The quantitative estimate of drug-likeness (QED) is 0.174. The van der Waals surface area contributed by atoms with Crippen molar-refractivity contribution < 1.29 is 26.7 Å². The minimum absolute atomic E-state index is 0.0122. The van der Waals surface area contributed by atoms with Gasteiger partial charge in [-0.1, -0.05) is 38.1 Å². The van der Waals surface area contributed by atoms with Crippen LogP contribution in [0.4, 0.5) is 27.6 Å². The molecular formula is C32H31F5N4O. The van der Waals surface area contributed by atoms with Crippen LogP contribution in [0, 0.1) is 18.6 Å². The number of rotatable bonds is 8. The van der Waals surface area contributed by atoms with E-state index < -0.39 is 23.4 Å². The lowest BCUT2D eigenvalue weighted by Crippen LogP contribution is -2.30. The van der Waals surface area contributed by atoms with Crippen molar-refractivity contribution in [3.05, 3.63) is 99.2 Å². The SMILES string of the molecule is CCc1cccc(CC)c1-n1nc2c(c1-c1cc(F)c(NC=O)cc1F)CN(Cc1ccc(C(F)(F)F)cc1C)CC2. The van der Waals surface area contributed by atoms with Gasteiger partial charge in [0.2, 0.25) is 6.41 Å². The summed E-state index contributed by atoms with van der Waals surface area (Å²) in [6, 6.07) is 11.7. The molecule has 0 aliphatic carbocycles. The third-order valence-corrected chi connectivity index (χ3v) is 7.88. The summed E-state index contributed by atoms with van der Waals surface area (Å²) in [5.74, 6) is -1.50. The molecule has 5 rings (SSSR count). The number of carbonyl (C=O) groups excluding carboxylic acids is 1. The van der Waals surface area contributed by atoms with Crippen molar-refractivity contribution in [1.82, 2.24) is 14.7 Å². The Labute approximate surface area is 241 Å². The topological polar surface area (TPSA) is 50.2 Å². The van der Waals surface area contributed by atoms with Crippen molar-refractivity contribution in [2.45, 2.75) is 59.3 Å². The van der Waals surface area contributed by atoms with Gasteiger partial charge in [-0.25, -0.2) is 13.5 Å². The van der Waals surface area contributed by atoms with E-state index in [0.717, 1.165) is 57.9 Å². The maximum Gasteiger partial charge on any atom is 0.416 e. The summed E-state index contributed by atoms with van der Waals surface area (Å²) >= 11 is 0. The van der Waals surface area contributed by atoms with Crippen molar-refractivity contribution in [2.24, 2.45) is 0 Å². The number of alkyl halides is 3. The van der Waals surface area contributed by atoms with E-state index in [4.69, 9.17) is 5.10 Å². The second-order valence-corrected chi connectivity index (χ2v) is 10.5. The molecule has 0 atom stereocenters. The maximum atomic E-state index is 15.7. The Morgan fingerprint density at radius 3 is 2.31 bits per heavy atom. The molecule has 0 fully saturated rings. The summed E-state index contributed by atoms with van der Waals surface area (Å²) in [4.78, 5) is 13.0. The molecular weight excluding hydrogens is 551 g/mol. The molecule has 0 unspecified atom stereocenters. The van der Waals surface area contributed by atoms with E-state index in [0.29, 0.717) is 50.2 Å². The molecule has 1 aliphatic rings. The van der Waals surface area contributed by atoms with Gasteiger partial charge in [-0.15, -0.1) is 0 Å². The third kappa shape index (κ3) is 5.55. The zero-order chi connectivity index (χ0) is 30.2. The van der Waals surface area contributed by atoms with Crippen molar-refractivity contribution in [2.75, 3.05) is 11.9 Å². The lowest BCUT2D eigenvalue weighted by Gasteiger charge is -2.28. The van der Waals surface area contributed by atoms with E-state index in [2.05, 4.69) is 10.2 Å². The monoisotopic (exact) mass is 582 g/mol. The summed E-state index contributed by atoms with van der Waals surface area (Å²) < 4.78 is 72.1. The first kappa shape index (κ1) is 29.4. The van der Waals surface area contributed by atoms with Gasteiger partial charge in [0.15, 0.2) is 0 Å². The van der Waals surface area contributed by atoms with Gasteiger partial charge in [0, 0.05) is 43.2 Å². The Morgan fingerprint density at radius 1 is 0.976 bits per heavy atom. The van der Waals surface area contributed by atoms with Gasteiger partial charge in [-0.3, -0.25) is 9.69 Å². The Morgan fingerprint density at radius 2 is 1.69 bits per heavy atom. The van der Waals surface area contributed by atoms with E-state index in [1.807, 2.05) is 32.0 Å². The highest BCUT2D eigenvalue weighted by molar-refractivity contribution is 5.76. The molecule has 1 amide bonds. The molecule has 4 aromatic rings. The molecule has 0 spiro atoms. The van der Waals surface area contributed by atoms with Crippen LogP contribution in [0.2, 0.25) is 0 Å². The standard InChI is InChI=1S/C32H31F5N4O/c1-4-20-7-6-8-21(5-2)30(20)41-31(24-14-27(34)29(38-18-42)15-26(24)33)25-17-40(12-11-28(25)39-41)16-22-9-10-23(13-19(22)3)32(35,36)37/h6-10,13-15,18H,4-5,11-12,16-17H2,1-3H3,(H,38,42). The normalized spacial score (nSPS) is 13.7. The van der Waals surface area contributed by atoms with Gasteiger partial charge in [0.1, 0.15) is 11.6 Å². The molecule has 0 saturated carbocycles. The predicted molar refractivity (Wildman–Crippen MR) is 151 cm³/mol. The van der Waals surface area contributed by atoms with Crippen molar-refractivity contribution >= 4 is 12.1 Å². The third-order valence-electron chi connectivity index (χ3n) is 7.88. The Hall–Kier alpha value is -4.05. The number of hydrogen-bond donors (Lipinski definition) is 1. The molecule has 1 aliphatic heterocycles. The van der Waals surface area contributed by atoms with Crippen LogP contribution in [0.5, 0.6) is 0 Å². The number of anilines is 1. The summed E-state index contributed by atoms with van der Waals surface area (Å²) in [5, 5.41) is 7.14. The van der Waals surface area contributed by atoms with Gasteiger partial charge in [-0.05, 0) is 60.2 Å². The smallest absolute Gasteiger partial charge is 0.326 e. The molecule has 1 N–H and O–H groups in total. The lowest BCUT2D eigenvalue weighted by atomic mass is 9.97. The van der Waals surface area contributed by atoms with Crippen LogP contribution in [0.25, 0.3) is 16.9 Å².